The minimum atomic E-state index is -3.16. The number of halogens is 2. The first-order chi connectivity index (χ1) is 9.78. The zero-order chi connectivity index (χ0) is 15.6. The van der Waals surface area contributed by atoms with Gasteiger partial charge in [-0.15, -0.1) is 0 Å². The van der Waals surface area contributed by atoms with E-state index in [2.05, 4.69) is 10.9 Å². The predicted octanol–water partition coefficient (Wildman–Crippen LogP) is 1.19. The fourth-order valence-corrected chi connectivity index (χ4v) is 4.08. The maximum atomic E-state index is 11.9. The van der Waals surface area contributed by atoms with Gasteiger partial charge in [0.25, 0.3) is 5.91 Å². The van der Waals surface area contributed by atoms with Crippen LogP contribution in [0.4, 0.5) is 0 Å². The third kappa shape index (κ3) is 4.09. The van der Waals surface area contributed by atoms with Gasteiger partial charge in [-0.2, -0.15) is 0 Å². The second-order valence-electron chi connectivity index (χ2n) is 4.67. The number of hydrogen-bond acceptors (Lipinski definition) is 4. The van der Waals surface area contributed by atoms with Crippen LogP contribution < -0.4 is 10.9 Å². The Labute approximate surface area is 131 Å². The molecule has 2 rings (SSSR count). The molecule has 6 nitrogen and oxygen atoms in total. The Kier molecular flexibility index (Phi) is 4.75. The van der Waals surface area contributed by atoms with Crippen LogP contribution in [0.25, 0.3) is 0 Å². The van der Waals surface area contributed by atoms with E-state index in [1.54, 1.807) is 0 Å². The van der Waals surface area contributed by atoms with Crippen LogP contribution >= 0.6 is 23.2 Å². The number of rotatable bonds is 2. The van der Waals surface area contributed by atoms with Crippen LogP contribution in [0.15, 0.2) is 18.2 Å². The Balaban J connectivity index is 1.95. The third-order valence-electron chi connectivity index (χ3n) is 3.08. The summed E-state index contributed by atoms with van der Waals surface area (Å²) >= 11 is 11.6. The van der Waals surface area contributed by atoms with Crippen LogP contribution in [0.1, 0.15) is 16.8 Å². The molecule has 9 heteroatoms. The number of hydrogen-bond donors (Lipinski definition) is 2. The standard InChI is InChI=1S/C12H12Cl2N2O4S/c13-8-1-2-10(14)9(5-8)12(18)16-15-11(17)7-3-4-21(19,20)6-7/h1-2,5,7H,3-4,6H2,(H,15,17)(H,16,18). The number of amides is 2. The van der Waals surface area contributed by atoms with Crippen molar-refractivity contribution in [2.75, 3.05) is 11.5 Å². The lowest BCUT2D eigenvalue weighted by Gasteiger charge is -2.11. The lowest BCUT2D eigenvalue weighted by Crippen LogP contribution is -2.44. The maximum Gasteiger partial charge on any atom is 0.271 e. The molecule has 1 unspecified atom stereocenters. The fraction of sp³-hybridized carbons (Fsp3) is 0.333. The van der Waals surface area contributed by atoms with Gasteiger partial charge in [0, 0.05) is 5.02 Å². The predicted molar refractivity (Wildman–Crippen MR) is 78.8 cm³/mol. The van der Waals surface area contributed by atoms with E-state index in [-0.39, 0.29) is 28.5 Å². The van der Waals surface area contributed by atoms with Crippen LogP contribution in [0.3, 0.4) is 0 Å². The molecule has 114 valence electrons. The van der Waals surface area contributed by atoms with Crippen molar-refractivity contribution in [3.8, 4) is 0 Å². The molecular formula is C12H12Cl2N2O4S. The average molecular weight is 351 g/mol. The van der Waals surface area contributed by atoms with E-state index >= 15 is 0 Å². The van der Waals surface area contributed by atoms with Crippen LogP contribution in [-0.4, -0.2) is 31.7 Å². The highest BCUT2D eigenvalue weighted by atomic mass is 35.5. The van der Waals surface area contributed by atoms with Gasteiger partial charge in [0.1, 0.15) is 0 Å². The van der Waals surface area contributed by atoms with Gasteiger partial charge >= 0.3 is 0 Å². The second kappa shape index (κ2) is 6.21. The molecule has 21 heavy (non-hydrogen) atoms. The summed E-state index contributed by atoms with van der Waals surface area (Å²) in [5.41, 5.74) is 4.51. The van der Waals surface area contributed by atoms with E-state index in [1.807, 2.05) is 0 Å². The molecule has 0 spiro atoms. The Morgan fingerprint density at radius 3 is 2.52 bits per heavy atom. The summed E-state index contributed by atoms with van der Waals surface area (Å²) in [5.74, 6) is -2.03. The van der Waals surface area contributed by atoms with Crippen molar-refractivity contribution in [1.29, 1.82) is 0 Å². The van der Waals surface area contributed by atoms with Crippen LogP contribution in [-0.2, 0) is 14.6 Å². The SMILES string of the molecule is O=C(NNC(=O)C1CCS(=O)(=O)C1)c1cc(Cl)ccc1Cl. The molecule has 1 heterocycles. The Morgan fingerprint density at radius 2 is 1.90 bits per heavy atom. The first-order valence-electron chi connectivity index (χ1n) is 6.04. The monoisotopic (exact) mass is 350 g/mol. The van der Waals surface area contributed by atoms with Crippen molar-refractivity contribution >= 4 is 44.9 Å². The molecule has 0 radical (unpaired) electrons. The van der Waals surface area contributed by atoms with E-state index in [1.165, 1.54) is 18.2 Å². The van der Waals surface area contributed by atoms with Crippen molar-refractivity contribution < 1.29 is 18.0 Å². The van der Waals surface area contributed by atoms with Crippen molar-refractivity contribution in [2.24, 2.45) is 5.92 Å². The van der Waals surface area contributed by atoms with Gasteiger partial charge in [-0.25, -0.2) is 8.42 Å². The van der Waals surface area contributed by atoms with E-state index in [0.29, 0.717) is 5.02 Å². The molecule has 1 aromatic rings. The molecule has 0 bridgehead atoms. The van der Waals surface area contributed by atoms with Gasteiger partial charge in [0.05, 0.1) is 28.0 Å². The first-order valence-corrected chi connectivity index (χ1v) is 8.62. The van der Waals surface area contributed by atoms with Gasteiger partial charge in [-0.3, -0.25) is 20.4 Å². The third-order valence-corrected chi connectivity index (χ3v) is 5.41. The molecule has 1 fully saturated rings. The number of carbonyl (C=O) groups excluding carboxylic acids is 2. The number of carbonyl (C=O) groups is 2. The van der Waals surface area contributed by atoms with Gasteiger partial charge in [0.15, 0.2) is 9.84 Å². The fourth-order valence-electron chi connectivity index (χ4n) is 1.96. The van der Waals surface area contributed by atoms with Crippen molar-refractivity contribution in [1.82, 2.24) is 10.9 Å². The van der Waals surface area contributed by atoms with E-state index in [9.17, 15) is 18.0 Å². The number of benzene rings is 1. The second-order valence-corrected chi connectivity index (χ2v) is 7.74. The van der Waals surface area contributed by atoms with Crippen molar-refractivity contribution in [2.45, 2.75) is 6.42 Å². The molecule has 2 N–H and O–H groups in total. The first kappa shape index (κ1) is 16.1. The maximum absolute atomic E-state index is 11.9. The smallest absolute Gasteiger partial charge is 0.271 e. The van der Waals surface area contributed by atoms with Crippen LogP contribution in [0.5, 0.6) is 0 Å². The Bertz CT molecular complexity index is 690. The molecule has 1 aliphatic rings. The van der Waals surface area contributed by atoms with Crippen LogP contribution in [0, 0.1) is 5.92 Å². The zero-order valence-corrected chi connectivity index (χ0v) is 13.1. The minimum Gasteiger partial charge on any atom is -0.273 e. The van der Waals surface area contributed by atoms with E-state index in [0.717, 1.165) is 0 Å². The summed E-state index contributed by atoms with van der Waals surface area (Å²) < 4.78 is 22.6. The summed E-state index contributed by atoms with van der Waals surface area (Å²) in [7, 11) is -3.16. The minimum absolute atomic E-state index is 0.0147. The molecule has 0 aromatic heterocycles. The molecular weight excluding hydrogens is 339 g/mol. The molecule has 1 saturated heterocycles. The lowest BCUT2D eigenvalue weighted by molar-refractivity contribution is -0.125. The van der Waals surface area contributed by atoms with E-state index < -0.39 is 27.6 Å². The highest BCUT2D eigenvalue weighted by Crippen LogP contribution is 2.20. The summed E-state index contributed by atoms with van der Waals surface area (Å²) in [6.07, 6.45) is 0.252. The molecule has 0 saturated carbocycles. The van der Waals surface area contributed by atoms with Gasteiger partial charge in [-0.1, -0.05) is 23.2 Å². The van der Waals surface area contributed by atoms with Crippen LogP contribution in [0.2, 0.25) is 10.0 Å². The summed E-state index contributed by atoms with van der Waals surface area (Å²) in [6.45, 7) is 0. The highest BCUT2D eigenvalue weighted by molar-refractivity contribution is 7.91. The number of hydrazine groups is 1. The quantitative estimate of drug-likeness (QED) is 0.783. The van der Waals surface area contributed by atoms with Gasteiger partial charge in [-0.05, 0) is 24.6 Å². The summed E-state index contributed by atoms with van der Waals surface area (Å²) in [4.78, 5) is 23.6. The summed E-state index contributed by atoms with van der Waals surface area (Å²) in [6, 6.07) is 4.36. The van der Waals surface area contributed by atoms with E-state index in [4.69, 9.17) is 23.2 Å². The van der Waals surface area contributed by atoms with Gasteiger partial charge in [0.2, 0.25) is 5.91 Å². The number of nitrogens with one attached hydrogen (secondary N) is 2. The molecule has 0 aliphatic carbocycles. The molecule has 1 aliphatic heterocycles. The number of sulfone groups is 1. The largest absolute Gasteiger partial charge is 0.273 e. The Hall–Kier alpha value is -1.31. The normalized spacial score (nSPS) is 20.0. The highest BCUT2D eigenvalue weighted by Gasteiger charge is 2.33. The Morgan fingerprint density at radius 1 is 1.19 bits per heavy atom. The average Bonchev–Trinajstić information content (AvgIpc) is 2.79. The topological polar surface area (TPSA) is 92.3 Å². The molecule has 2 amide bonds. The lowest BCUT2D eigenvalue weighted by atomic mass is 10.1. The zero-order valence-electron chi connectivity index (χ0n) is 10.7. The molecule has 1 aromatic carbocycles. The van der Waals surface area contributed by atoms with Gasteiger partial charge < -0.3 is 0 Å². The summed E-state index contributed by atoms with van der Waals surface area (Å²) in [5, 5.41) is 0.521. The van der Waals surface area contributed by atoms with Crippen molar-refractivity contribution in [3.63, 3.8) is 0 Å². The molecule has 1 atom stereocenters. The van der Waals surface area contributed by atoms with Crippen molar-refractivity contribution in [3.05, 3.63) is 33.8 Å².